The molecule has 6 nitrogen and oxygen atoms in total. The summed E-state index contributed by atoms with van der Waals surface area (Å²) in [5.74, 6) is -0.865. The Morgan fingerprint density at radius 3 is 2.48 bits per heavy atom. The van der Waals surface area contributed by atoms with Gasteiger partial charge in [-0.15, -0.1) is 11.3 Å². The van der Waals surface area contributed by atoms with Gasteiger partial charge in [0.2, 0.25) is 0 Å². The number of nitrogens with zero attached hydrogens (tertiary/aromatic N) is 2. The molecular weight excluding hydrogens is 316 g/mol. The first-order chi connectivity index (χ1) is 10.8. The number of hydrogen-bond acceptors (Lipinski definition) is 5. The monoisotopic (exact) mass is 334 g/mol. The molecule has 0 aliphatic heterocycles. The van der Waals surface area contributed by atoms with Crippen molar-refractivity contribution in [1.82, 2.24) is 4.98 Å². The molecule has 0 bridgehead atoms. The molecule has 0 saturated heterocycles. The summed E-state index contributed by atoms with van der Waals surface area (Å²) in [6.07, 6.45) is -0.732. The summed E-state index contributed by atoms with van der Waals surface area (Å²) in [4.78, 5) is 28.7. The average molecular weight is 334 g/mol. The number of anilines is 1. The van der Waals surface area contributed by atoms with Crippen LogP contribution in [-0.2, 0) is 9.53 Å². The number of benzene rings is 1. The number of ether oxygens (including phenoxy) is 1. The number of carboxylic acid groups (broad SMARTS) is 1. The van der Waals surface area contributed by atoms with Crippen LogP contribution in [0.15, 0.2) is 35.7 Å². The molecule has 0 spiro atoms. The molecular formula is C16H18N2O4S. The van der Waals surface area contributed by atoms with Gasteiger partial charge in [0.05, 0.1) is 0 Å². The summed E-state index contributed by atoms with van der Waals surface area (Å²) in [6, 6.07) is 9.48. The second kappa shape index (κ2) is 6.78. The van der Waals surface area contributed by atoms with Crippen molar-refractivity contribution < 1.29 is 19.4 Å². The molecule has 1 heterocycles. The largest absolute Gasteiger partial charge is 0.480 e. The second-order valence-electron chi connectivity index (χ2n) is 5.84. The fourth-order valence-corrected chi connectivity index (χ4v) is 2.61. The van der Waals surface area contributed by atoms with Crippen molar-refractivity contribution in [3.05, 3.63) is 35.7 Å². The first kappa shape index (κ1) is 17.0. The van der Waals surface area contributed by atoms with E-state index < -0.39 is 24.2 Å². The van der Waals surface area contributed by atoms with E-state index in [1.165, 1.54) is 11.3 Å². The minimum Gasteiger partial charge on any atom is -0.480 e. The molecule has 0 fully saturated rings. The topological polar surface area (TPSA) is 79.7 Å². The predicted octanol–water partition coefficient (Wildman–Crippen LogP) is 3.64. The maximum Gasteiger partial charge on any atom is 0.416 e. The third-order valence-electron chi connectivity index (χ3n) is 2.70. The van der Waals surface area contributed by atoms with Gasteiger partial charge in [-0.3, -0.25) is 4.79 Å². The summed E-state index contributed by atoms with van der Waals surface area (Å²) >= 11 is 1.34. The second-order valence-corrected chi connectivity index (χ2v) is 6.70. The number of thiazole rings is 1. The lowest BCUT2D eigenvalue weighted by Crippen LogP contribution is -2.40. The predicted molar refractivity (Wildman–Crippen MR) is 88.8 cm³/mol. The Morgan fingerprint density at radius 2 is 1.91 bits per heavy atom. The summed E-state index contributed by atoms with van der Waals surface area (Å²) < 4.78 is 5.26. The first-order valence-electron chi connectivity index (χ1n) is 6.99. The summed E-state index contributed by atoms with van der Waals surface area (Å²) in [7, 11) is 0. The van der Waals surface area contributed by atoms with Gasteiger partial charge in [0.15, 0.2) is 0 Å². The highest BCUT2D eigenvalue weighted by atomic mass is 32.1. The van der Waals surface area contributed by atoms with Crippen LogP contribution in [0.2, 0.25) is 0 Å². The van der Waals surface area contributed by atoms with Crippen LogP contribution in [0.1, 0.15) is 20.8 Å². The third-order valence-corrected chi connectivity index (χ3v) is 3.58. The van der Waals surface area contributed by atoms with Gasteiger partial charge in [-0.2, -0.15) is 0 Å². The highest BCUT2D eigenvalue weighted by Gasteiger charge is 2.27. The van der Waals surface area contributed by atoms with E-state index in [1.807, 2.05) is 30.3 Å². The average Bonchev–Trinajstić information content (AvgIpc) is 2.93. The van der Waals surface area contributed by atoms with Crippen LogP contribution >= 0.6 is 11.3 Å². The Bertz CT molecular complexity index is 692. The van der Waals surface area contributed by atoms with Crippen molar-refractivity contribution in [3.8, 4) is 10.6 Å². The molecule has 122 valence electrons. The molecule has 1 aromatic heterocycles. The SMILES string of the molecule is CC(C)(C)OC(=O)N(CC(=O)O)c1csc(-c2ccccc2)n1. The van der Waals surface area contributed by atoms with Crippen LogP contribution in [0.5, 0.6) is 0 Å². The van der Waals surface area contributed by atoms with E-state index in [9.17, 15) is 9.59 Å². The number of carbonyl (C=O) groups is 2. The number of hydrogen-bond donors (Lipinski definition) is 1. The molecule has 0 aliphatic rings. The van der Waals surface area contributed by atoms with Crippen molar-refractivity contribution in [2.45, 2.75) is 26.4 Å². The van der Waals surface area contributed by atoms with E-state index in [4.69, 9.17) is 9.84 Å². The van der Waals surface area contributed by atoms with Crippen molar-refractivity contribution in [1.29, 1.82) is 0 Å². The number of carbonyl (C=O) groups excluding carboxylic acids is 1. The van der Waals surface area contributed by atoms with Gasteiger partial charge in [-0.25, -0.2) is 14.7 Å². The highest BCUT2D eigenvalue weighted by molar-refractivity contribution is 7.13. The normalized spacial score (nSPS) is 11.1. The minimum absolute atomic E-state index is 0.269. The van der Waals surface area contributed by atoms with E-state index >= 15 is 0 Å². The van der Waals surface area contributed by atoms with Crippen LogP contribution in [0, 0.1) is 0 Å². The molecule has 23 heavy (non-hydrogen) atoms. The Labute approximate surface area is 138 Å². The Hall–Kier alpha value is -2.41. The Kier molecular flexibility index (Phi) is 5.00. The van der Waals surface area contributed by atoms with Gasteiger partial charge in [0.1, 0.15) is 23.0 Å². The molecule has 0 atom stereocenters. The maximum absolute atomic E-state index is 12.2. The molecule has 0 aliphatic carbocycles. The van der Waals surface area contributed by atoms with E-state index in [0.29, 0.717) is 5.01 Å². The molecule has 7 heteroatoms. The van der Waals surface area contributed by atoms with Gasteiger partial charge in [-0.1, -0.05) is 30.3 Å². The van der Waals surface area contributed by atoms with Crippen molar-refractivity contribution >= 4 is 29.2 Å². The smallest absolute Gasteiger partial charge is 0.416 e. The Balaban J connectivity index is 2.28. The molecule has 0 radical (unpaired) electrons. The third kappa shape index (κ3) is 4.79. The quantitative estimate of drug-likeness (QED) is 0.923. The van der Waals surface area contributed by atoms with Gasteiger partial charge < -0.3 is 9.84 Å². The molecule has 1 amide bonds. The van der Waals surface area contributed by atoms with Crippen LogP contribution in [0.25, 0.3) is 10.6 Å². The fraction of sp³-hybridized carbons (Fsp3) is 0.312. The summed E-state index contributed by atoms with van der Waals surface area (Å²) in [6.45, 7) is 4.66. The minimum atomic E-state index is -1.13. The fourth-order valence-electron chi connectivity index (χ4n) is 1.79. The van der Waals surface area contributed by atoms with Crippen LogP contribution in [0.3, 0.4) is 0 Å². The van der Waals surface area contributed by atoms with Crippen LogP contribution in [-0.4, -0.2) is 34.3 Å². The van der Waals surface area contributed by atoms with Crippen molar-refractivity contribution in [2.24, 2.45) is 0 Å². The van der Waals surface area contributed by atoms with Gasteiger partial charge in [0, 0.05) is 10.9 Å². The number of aromatic nitrogens is 1. The first-order valence-corrected chi connectivity index (χ1v) is 7.87. The van der Waals surface area contributed by atoms with E-state index in [0.717, 1.165) is 10.5 Å². The number of carboxylic acids is 1. The Morgan fingerprint density at radius 1 is 1.26 bits per heavy atom. The van der Waals surface area contributed by atoms with Crippen molar-refractivity contribution in [2.75, 3.05) is 11.4 Å². The molecule has 0 unspecified atom stereocenters. The summed E-state index contributed by atoms with van der Waals surface area (Å²) in [5, 5.41) is 11.4. The summed E-state index contributed by atoms with van der Waals surface area (Å²) in [5.41, 5.74) is 0.190. The van der Waals surface area contributed by atoms with Gasteiger partial charge in [-0.05, 0) is 20.8 Å². The zero-order valence-electron chi connectivity index (χ0n) is 13.1. The molecule has 0 saturated carbocycles. The number of rotatable bonds is 4. The van der Waals surface area contributed by atoms with Crippen LogP contribution < -0.4 is 4.90 Å². The molecule has 1 N–H and O–H groups in total. The zero-order chi connectivity index (χ0) is 17.0. The van der Waals surface area contributed by atoms with E-state index in [2.05, 4.69) is 4.98 Å². The highest BCUT2D eigenvalue weighted by Crippen LogP contribution is 2.28. The lowest BCUT2D eigenvalue weighted by atomic mass is 10.2. The lowest BCUT2D eigenvalue weighted by molar-refractivity contribution is -0.135. The number of aliphatic carboxylic acids is 1. The zero-order valence-corrected chi connectivity index (χ0v) is 14.0. The molecule has 1 aromatic carbocycles. The number of amides is 1. The van der Waals surface area contributed by atoms with Crippen LogP contribution in [0.4, 0.5) is 10.6 Å². The maximum atomic E-state index is 12.2. The molecule has 2 aromatic rings. The standard InChI is InChI=1S/C16H18N2O4S/c1-16(2,3)22-15(21)18(9-13(19)20)12-10-23-14(17-12)11-7-5-4-6-8-11/h4-8,10H,9H2,1-3H3,(H,19,20). The van der Waals surface area contributed by atoms with Crippen molar-refractivity contribution in [3.63, 3.8) is 0 Å². The van der Waals surface area contributed by atoms with E-state index in [-0.39, 0.29) is 5.82 Å². The van der Waals surface area contributed by atoms with Gasteiger partial charge in [0.25, 0.3) is 0 Å². The van der Waals surface area contributed by atoms with E-state index in [1.54, 1.807) is 26.2 Å². The molecule has 2 rings (SSSR count). The van der Waals surface area contributed by atoms with Gasteiger partial charge >= 0.3 is 12.1 Å². The lowest BCUT2D eigenvalue weighted by Gasteiger charge is -2.25.